The van der Waals surface area contributed by atoms with Crippen LogP contribution in [0.2, 0.25) is 0 Å². The van der Waals surface area contributed by atoms with E-state index in [9.17, 15) is 14.4 Å². The number of anilines is 1. The molecule has 0 aliphatic carbocycles. The summed E-state index contributed by atoms with van der Waals surface area (Å²) in [6.07, 6.45) is 3.45. The van der Waals surface area contributed by atoms with Gasteiger partial charge in [-0.3, -0.25) is 14.9 Å². The normalized spacial score (nSPS) is 15.2. The summed E-state index contributed by atoms with van der Waals surface area (Å²) in [6.45, 7) is 9.41. The number of amides is 4. The van der Waals surface area contributed by atoms with Gasteiger partial charge in [0, 0.05) is 22.7 Å². The van der Waals surface area contributed by atoms with E-state index < -0.39 is 17.8 Å². The number of rotatable bonds is 6. The molecule has 0 atom stereocenters. The minimum atomic E-state index is -0.761. The average Bonchev–Trinajstić information content (AvgIpc) is 3.24. The molecule has 7 heteroatoms. The van der Waals surface area contributed by atoms with Crippen molar-refractivity contribution in [1.82, 2.24) is 9.88 Å². The number of nitrogens with one attached hydrogen (secondary N) is 1. The zero-order chi connectivity index (χ0) is 27.7. The van der Waals surface area contributed by atoms with Crippen molar-refractivity contribution in [1.29, 1.82) is 0 Å². The predicted molar refractivity (Wildman–Crippen MR) is 153 cm³/mol. The summed E-state index contributed by atoms with van der Waals surface area (Å²) in [5, 5.41) is 3.19. The van der Waals surface area contributed by atoms with E-state index in [-0.39, 0.29) is 11.0 Å². The highest BCUT2D eigenvalue weighted by atomic mass is 16.5. The van der Waals surface area contributed by atoms with E-state index in [2.05, 4.69) is 38.2 Å². The number of carbonyl (C=O) groups excluding carboxylic acids is 3. The molecule has 1 fully saturated rings. The number of hydrogen-bond donors (Lipinski definition) is 1. The van der Waals surface area contributed by atoms with Gasteiger partial charge in [0.1, 0.15) is 17.9 Å². The summed E-state index contributed by atoms with van der Waals surface area (Å²) >= 11 is 0. The summed E-state index contributed by atoms with van der Waals surface area (Å²) in [4.78, 5) is 39.7. The molecule has 0 spiro atoms. The number of aryl methyl sites for hydroxylation is 1. The lowest BCUT2D eigenvalue weighted by Crippen LogP contribution is -2.54. The van der Waals surface area contributed by atoms with Crippen molar-refractivity contribution in [3.05, 3.63) is 101 Å². The van der Waals surface area contributed by atoms with Crippen LogP contribution in [0.3, 0.4) is 0 Å². The number of hydrogen-bond acceptors (Lipinski definition) is 4. The van der Waals surface area contributed by atoms with E-state index >= 15 is 0 Å². The number of aromatic nitrogens is 1. The second-order valence-electron chi connectivity index (χ2n) is 10.7. The Hall–Kier alpha value is -4.65. The Morgan fingerprint density at radius 1 is 0.923 bits per heavy atom. The zero-order valence-corrected chi connectivity index (χ0v) is 22.5. The monoisotopic (exact) mass is 521 g/mol. The number of benzene rings is 3. The fourth-order valence-electron chi connectivity index (χ4n) is 4.70. The quantitative estimate of drug-likeness (QED) is 0.250. The first-order valence-corrected chi connectivity index (χ1v) is 12.9. The second kappa shape index (κ2) is 10.3. The third-order valence-electron chi connectivity index (χ3n) is 6.80. The van der Waals surface area contributed by atoms with E-state index in [1.54, 1.807) is 24.3 Å². The molecule has 198 valence electrons. The smallest absolute Gasteiger partial charge is 0.335 e. The van der Waals surface area contributed by atoms with Crippen molar-refractivity contribution in [2.24, 2.45) is 0 Å². The molecule has 1 aromatic heterocycles. The first-order chi connectivity index (χ1) is 18.6. The number of barbiturate groups is 1. The Morgan fingerprint density at radius 3 is 2.38 bits per heavy atom. The van der Waals surface area contributed by atoms with Crippen LogP contribution < -0.4 is 15.0 Å². The molecule has 7 nitrogen and oxygen atoms in total. The van der Waals surface area contributed by atoms with Crippen LogP contribution in [0.5, 0.6) is 5.75 Å². The largest absolute Gasteiger partial charge is 0.492 e. The predicted octanol–water partition coefficient (Wildman–Crippen LogP) is 5.99. The van der Waals surface area contributed by atoms with Crippen LogP contribution in [0.25, 0.3) is 17.0 Å². The highest BCUT2D eigenvalue weighted by molar-refractivity contribution is 6.39. The minimum absolute atomic E-state index is 0.0779. The first kappa shape index (κ1) is 26.0. The molecular formula is C32H31N3O4. The van der Waals surface area contributed by atoms with Gasteiger partial charge in [0.25, 0.3) is 11.8 Å². The van der Waals surface area contributed by atoms with Crippen molar-refractivity contribution >= 4 is 40.5 Å². The number of carbonyl (C=O) groups is 3. The number of nitrogens with zero attached hydrogens (tertiary/aromatic N) is 2. The summed E-state index contributed by atoms with van der Waals surface area (Å²) in [6, 6.07) is 22.2. The van der Waals surface area contributed by atoms with Crippen molar-refractivity contribution in [3.63, 3.8) is 0 Å². The Balaban J connectivity index is 1.40. The lowest BCUT2D eigenvalue weighted by molar-refractivity contribution is -0.122. The average molecular weight is 522 g/mol. The molecular weight excluding hydrogens is 490 g/mol. The maximum atomic E-state index is 13.4. The molecule has 1 aliphatic rings. The fraction of sp³-hybridized carbons (Fsp3) is 0.219. The Kier molecular flexibility index (Phi) is 6.83. The molecule has 0 saturated carbocycles. The van der Waals surface area contributed by atoms with Crippen LogP contribution in [0.1, 0.15) is 37.5 Å². The van der Waals surface area contributed by atoms with Gasteiger partial charge in [-0.25, -0.2) is 9.69 Å². The van der Waals surface area contributed by atoms with E-state index in [0.29, 0.717) is 24.4 Å². The van der Waals surface area contributed by atoms with E-state index in [1.165, 1.54) is 5.56 Å². The highest BCUT2D eigenvalue weighted by Gasteiger charge is 2.37. The Bertz CT molecular complexity index is 1610. The van der Waals surface area contributed by atoms with Gasteiger partial charge < -0.3 is 9.30 Å². The fourth-order valence-corrected chi connectivity index (χ4v) is 4.70. The molecule has 2 heterocycles. The lowest BCUT2D eigenvalue weighted by Gasteiger charge is -2.26. The molecule has 4 aromatic rings. The topological polar surface area (TPSA) is 80.6 Å². The van der Waals surface area contributed by atoms with Crippen LogP contribution in [-0.2, 0) is 21.5 Å². The summed E-state index contributed by atoms with van der Waals surface area (Å²) < 4.78 is 8.05. The molecule has 1 aliphatic heterocycles. The van der Waals surface area contributed by atoms with Crippen molar-refractivity contribution in [3.8, 4) is 5.75 Å². The van der Waals surface area contributed by atoms with Crippen LogP contribution >= 0.6 is 0 Å². The molecule has 0 unspecified atom stereocenters. The van der Waals surface area contributed by atoms with Crippen molar-refractivity contribution in [2.45, 2.75) is 39.7 Å². The molecule has 4 amide bonds. The van der Waals surface area contributed by atoms with Crippen LogP contribution in [0, 0.1) is 6.92 Å². The molecule has 1 N–H and O–H groups in total. The second-order valence-corrected chi connectivity index (χ2v) is 10.7. The summed E-state index contributed by atoms with van der Waals surface area (Å²) in [5.74, 6) is -0.576. The molecule has 1 saturated heterocycles. The van der Waals surface area contributed by atoms with E-state index in [0.717, 1.165) is 27.1 Å². The van der Waals surface area contributed by atoms with Gasteiger partial charge in [0.05, 0.1) is 12.2 Å². The van der Waals surface area contributed by atoms with Gasteiger partial charge in [-0.1, -0.05) is 63.2 Å². The third-order valence-corrected chi connectivity index (χ3v) is 6.80. The van der Waals surface area contributed by atoms with Gasteiger partial charge in [0.2, 0.25) is 0 Å². The Labute approximate surface area is 227 Å². The number of ether oxygens (including phenoxy) is 1. The van der Waals surface area contributed by atoms with Gasteiger partial charge in [-0.05, 0) is 59.9 Å². The maximum Gasteiger partial charge on any atom is 0.335 e. The summed E-state index contributed by atoms with van der Waals surface area (Å²) in [5.41, 5.74) is 4.18. The zero-order valence-electron chi connectivity index (χ0n) is 22.5. The number of para-hydroxylation sites is 1. The molecule has 0 bridgehead atoms. The highest BCUT2D eigenvalue weighted by Crippen LogP contribution is 2.28. The number of fused-ring (bicyclic) bond motifs is 1. The third kappa shape index (κ3) is 5.34. The van der Waals surface area contributed by atoms with Crippen LogP contribution in [0.4, 0.5) is 10.5 Å². The van der Waals surface area contributed by atoms with Gasteiger partial charge in [-0.15, -0.1) is 0 Å². The molecule has 3 aromatic carbocycles. The standard InChI is InChI=1S/C32H31N3O4/c1-21-8-7-9-24(18-21)35-30(37)27(29(36)33-31(35)38)19-22-20-34(28-11-6-5-10-26(22)28)16-17-39-25-14-12-23(13-15-25)32(2,3)4/h5-15,18-20H,16-17H2,1-4H3,(H,33,36,38). The van der Waals surface area contributed by atoms with E-state index in [1.807, 2.05) is 60.2 Å². The summed E-state index contributed by atoms with van der Waals surface area (Å²) in [7, 11) is 0. The molecule has 39 heavy (non-hydrogen) atoms. The number of urea groups is 1. The lowest BCUT2D eigenvalue weighted by atomic mass is 9.87. The van der Waals surface area contributed by atoms with Gasteiger partial charge >= 0.3 is 6.03 Å². The van der Waals surface area contributed by atoms with Gasteiger partial charge in [0.15, 0.2) is 0 Å². The minimum Gasteiger partial charge on any atom is -0.492 e. The SMILES string of the molecule is Cc1cccc(N2C(=O)NC(=O)C(=Cc3cn(CCOc4ccc(C(C)(C)C)cc4)c4ccccc34)C2=O)c1. The van der Waals surface area contributed by atoms with Crippen LogP contribution in [-0.4, -0.2) is 29.0 Å². The Morgan fingerprint density at radius 2 is 1.67 bits per heavy atom. The maximum absolute atomic E-state index is 13.4. The van der Waals surface area contributed by atoms with Gasteiger partial charge in [-0.2, -0.15) is 0 Å². The molecule has 5 rings (SSSR count). The molecule has 0 radical (unpaired) electrons. The van der Waals surface area contributed by atoms with Crippen molar-refractivity contribution in [2.75, 3.05) is 11.5 Å². The van der Waals surface area contributed by atoms with Crippen LogP contribution in [0.15, 0.2) is 84.6 Å². The van der Waals surface area contributed by atoms with Crippen molar-refractivity contribution < 1.29 is 19.1 Å². The first-order valence-electron chi connectivity index (χ1n) is 12.9. The number of imide groups is 2. The van der Waals surface area contributed by atoms with E-state index in [4.69, 9.17) is 4.74 Å².